The number of carbonyl (C=O) groups excluding carboxylic acids is 1. The molecule has 0 fully saturated rings. The average molecular weight is 367 g/mol. The van der Waals surface area contributed by atoms with E-state index in [0.29, 0.717) is 17.2 Å². The minimum Gasteiger partial charge on any atom is -0.387 e. The lowest BCUT2D eigenvalue weighted by molar-refractivity contribution is -0.384. The number of nitro benzene ring substituents is 1. The molecule has 0 unspecified atom stereocenters. The molecule has 3 N–H and O–H groups in total. The van der Waals surface area contributed by atoms with Gasteiger partial charge >= 0.3 is 0 Å². The number of aliphatic hydroxyl groups excluding tert-OH is 1. The quantitative estimate of drug-likeness (QED) is 0.456. The second kappa shape index (κ2) is 7.59. The Morgan fingerprint density at radius 2 is 1.81 bits per heavy atom. The van der Waals surface area contributed by atoms with E-state index in [1.165, 1.54) is 29.8 Å². The minimum absolute atomic E-state index is 0.00323. The van der Waals surface area contributed by atoms with E-state index in [9.17, 15) is 20.0 Å². The molecule has 3 rings (SSSR count). The fourth-order valence-corrected chi connectivity index (χ4v) is 2.85. The van der Waals surface area contributed by atoms with E-state index in [1.807, 2.05) is 18.2 Å². The van der Waals surface area contributed by atoms with Gasteiger partial charge in [0.1, 0.15) is 5.69 Å². The molecule has 0 aliphatic rings. The smallest absolute Gasteiger partial charge is 0.269 e. The van der Waals surface area contributed by atoms with Crippen molar-refractivity contribution in [2.24, 2.45) is 0 Å². The Morgan fingerprint density at radius 3 is 2.44 bits per heavy atom. The molecule has 0 radical (unpaired) electrons. The number of benzene rings is 2. The van der Waals surface area contributed by atoms with Gasteiger partial charge in [-0.1, -0.05) is 26.0 Å². The van der Waals surface area contributed by atoms with Gasteiger partial charge in [0.2, 0.25) is 0 Å². The molecule has 27 heavy (non-hydrogen) atoms. The summed E-state index contributed by atoms with van der Waals surface area (Å²) in [5, 5.41) is 24.5. The highest BCUT2D eigenvalue weighted by Crippen LogP contribution is 2.22. The third-order valence-electron chi connectivity index (χ3n) is 4.50. The molecule has 7 nitrogen and oxygen atoms in total. The van der Waals surface area contributed by atoms with E-state index in [1.54, 1.807) is 6.07 Å². The maximum Gasteiger partial charge on any atom is 0.269 e. The van der Waals surface area contributed by atoms with Crippen molar-refractivity contribution in [3.8, 4) is 0 Å². The van der Waals surface area contributed by atoms with Crippen LogP contribution in [0.3, 0.4) is 0 Å². The van der Waals surface area contributed by atoms with E-state index in [4.69, 9.17) is 0 Å². The summed E-state index contributed by atoms with van der Waals surface area (Å²) in [6.45, 7) is 4.22. The van der Waals surface area contributed by atoms with E-state index in [-0.39, 0.29) is 18.1 Å². The fourth-order valence-electron chi connectivity index (χ4n) is 2.85. The van der Waals surface area contributed by atoms with Gasteiger partial charge in [-0.15, -0.1) is 0 Å². The highest BCUT2D eigenvalue weighted by atomic mass is 16.6. The van der Waals surface area contributed by atoms with Crippen molar-refractivity contribution < 1.29 is 14.8 Å². The fraction of sp³-hybridized carbons (Fsp3) is 0.250. The zero-order valence-electron chi connectivity index (χ0n) is 15.1. The van der Waals surface area contributed by atoms with Crippen LogP contribution < -0.4 is 5.32 Å². The number of nitro groups is 1. The summed E-state index contributed by atoms with van der Waals surface area (Å²) in [5.41, 5.74) is 2.95. The van der Waals surface area contributed by atoms with Crippen molar-refractivity contribution in [2.45, 2.75) is 25.9 Å². The van der Waals surface area contributed by atoms with E-state index >= 15 is 0 Å². The van der Waals surface area contributed by atoms with Crippen molar-refractivity contribution >= 4 is 22.5 Å². The van der Waals surface area contributed by atoms with Gasteiger partial charge in [0.25, 0.3) is 11.6 Å². The van der Waals surface area contributed by atoms with Crippen LogP contribution in [0.2, 0.25) is 0 Å². The lowest BCUT2D eigenvalue weighted by Crippen LogP contribution is -2.28. The summed E-state index contributed by atoms with van der Waals surface area (Å²) in [6.07, 6.45) is -0.952. The average Bonchev–Trinajstić information content (AvgIpc) is 3.09. The first kappa shape index (κ1) is 18.6. The molecule has 1 heterocycles. The van der Waals surface area contributed by atoms with Gasteiger partial charge < -0.3 is 15.4 Å². The maximum absolute atomic E-state index is 12.4. The summed E-state index contributed by atoms with van der Waals surface area (Å²) in [5.74, 6) is 0.0741. The van der Waals surface area contributed by atoms with Crippen LogP contribution in [0.5, 0.6) is 0 Å². The molecule has 0 spiro atoms. The Hall–Kier alpha value is -3.19. The van der Waals surface area contributed by atoms with Crippen molar-refractivity contribution in [3.63, 3.8) is 0 Å². The van der Waals surface area contributed by atoms with Crippen LogP contribution in [-0.2, 0) is 0 Å². The van der Waals surface area contributed by atoms with Gasteiger partial charge in [-0.05, 0) is 41.3 Å². The van der Waals surface area contributed by atoms with Crippen molar-refractivity contribution in [2.75, 3.05) is 6.54 Å². The maximum atomic E-state index is 12.4. The summed E-state index contributed by atoms with van der Waals surface area (Å²) in [6, 6.07) is 13.4. The number of carbonyl (C=O) groups is 1. The van der Waals surface area contributed by atoms with Crippen LogP contribution in [-0.4, -0.2) is 27.5 Å². The Balaban J connectivity index is 1.66. The molecule has 3 aromatic rings. The van der Waals surface area contributed by atoms with Gasteiger partial charge in [0, 0.05) is 29.6 Å². The molecule has 1 aromatic heterocycles. The van der Waals surface area contributed by atoms with Gasteiger partial charge in [-0.3, -0.25) is 14.9 Å². The lowest BCUT2D eigenvalue weighted by Gasteiger charge is -2.11. The number of hydrogen-bond acceptors (Lipinski definition) is 4. The van der Waals surface area contributed by atoms with Crippen molar-refractivity contribution in [1.82, 2.24) is 10.3 Å². The number of aromatic nitrogens is 1. The first-order chi connectivity index (χ1) is 12.8. The highest BCUT2D eigenvalue weighted by Gasteiger charge is 2.14. The third kappa shape index (κ3) is 4.15. The van der Waals surface area contributed by atoms with Crippen LogP contribution in [0.1, 0.15) is 47.5 Å². The van der Waals surface area contributed by atoms with Gasteiger partial charge in [0.15, 0.2) is 0 Å². The van der Waals surface area contributed by atoms with Gasteiger partial charge in [0.05, 0.1) is 11.0 Å². The molecule has 0 bridgehead atoms. The molecule has 1 atom stereocenters. The standard InChI is InChI=1S/C20H21N3O4/c1-12(2)14-3-4-15-10-18(22-17(15)9-14)20(25)21-11-19(24)13-5-7-16(8-6-13)23(26)27/h3-10,12,19,22,24H,11H2,1-2H3,(H,21,25)/t19-/m1/s1. The SMILES string of the molecule is CC(C)c1ccc2cc(C(=O)NC[C@@H](O)c3ccc([N+](=O)[O-])cc3)[nH]c2c1. The number of hydrogen-bond donors (Lipinski definition) is 3. The number of amides is 1. The van der Waals surface area contributed by atoms with Gasteiger partial charge in [-0.2, -0.15) is 0 Å². The highest BCUT2D eigenvalue weighted by molar-refractivity contribution is 5.98. The number of aliphatic hydroxyl groups is 1. The summed E-state index contributed by atoms with van der Waals surface area (Å²) in [7, 11) is 0. The number of nitrogens with one attached hydrogen (secondary N) is 2. The van der Waals surface area contributed by atoms with Crippen LogP contribution in [0.4, 0.5) is 5.69 Å². The van der Waals surface area contributed by atoms with Crippen LogP contribution >= 0.6 is 0 Å². The Bertz CT molecular complexity index is 977. The van der Waals surface area contributed by atoms with E-state index < -0.39 is 11.0 Å². The molecule has 0 saturated heterocycles. The zero-order chi connectivity index (χ0) is 19.6. The monoisotopic (exact) mass is 367 g/mol. The number of fused-ring (bicyclic) bond motifs is 1. The van der Waals surface area contributed by atoms with Crippen molar-refractivity contribution in [3.05, 3.63) is 75.5 Å². The largest absolute Gasteiger partial charge is 0.387 e. The molecule has 0 saturated carbocycles. The predicted molar refractivity (Wildman–Crippen MR) is 103 cm³/mol. The Kier molecular flexibility index (Phi) is 5.23. The predicted octanol–water partition coefficient (Wildman–Crippen LogP) is 3.66. The Labute approximate surface area is 156 Å². The molecule has 1 amide bonds. The van der Waals surface area contributed by atoms with E-state index in [2.05, 4.69) is 24.1 Å². The van der Waals surface area contributed by atoms with Gasteiger partial charge in [-0.25, -0.2) is 0 Å². The second-order valence-corrected chi connectivity index (χ2v) is 6.76. The summed E-state index contributed by atoms with van der Waals surface area (Å²) >= 11 is 0. The number of H-pyrrole nitrogens is 1. The molecule has 2 aromatic carbocycles. The molecule has 0 aliphatic carbocycles. The third-order valence-corrected chi connectivity index (χ3v) is 4.50. The molecule has 0 aliphatic heterocycles. The molecular weight excluding hydrogens is 346 g/mol. The van der Waals surface area contributed by atoms with Crippen LogP contribution in [0, 0.1) is 10.1 Å². The molecule has 140 valence electrons. The number of non-ortho nitro benzene ring substituents is 1. The molecular formula is C20H21N3O4. The zero-order valence-corrected chi connectivity index (χ0v) is 15.1. The van der Waals surface area contributed by atoms with Crippen LogP contribution in [0.25, 0.3) is 10.9 Å². The first-order valence-corrected chi connectivity index (χ1v) is 8.68. The molecule has 7 heteroatoms. The van der Waals surface area contributed by atoms with E-state index in [0.717, 1.165) is 10.9 Å². The Morgan fingerprint density at radius 1 is 1.15 bits per heavy atom. The first-order valence-electron chi connectivity index (χ1n) is 8.68. The normalized spacial score (nSPS) is 12.3. The second-order valence-electron chi connectivity index (χ2n) is 6.76. The summed E-state index contributed by atoms with van der Waals surface area (Å²) in [4.78, 5) is 25.6. The van der Waals surface area contributed by atoms with Crippen molar-refractivity contribution in [1.29, 1.82) is 0 Å². The topological polar surface area (TPSA) is 108 Å². The number of aromatic amines is 1. The number of nitrogens with zero attached hydrogens (tertiary/aromatic N) is 1. The number of rotatable bonds is 6. The minimum atomic E-state index is -0.952. The summed E-state index contributed by atoms with van der Waals surface area (Å²) < 4.78 is 0. The lowest BCUT2D eigenvalue weighted by atomic mass is 10.0. The van der Waals surface area contributed by atoms with Crippen LogP contribution in [0.15, 0.2) is 48.5 Å².